The Labute approximate surface area is 83.9 Å². The van der Waals surface area contributed by atoms with E-state index in [1.54, 1.807) is 0 Å². The molecular formula is C11H14N2O. The van der Waals surface area contributed by atoms with Crippen molar-refractivity contribution in [3.63, 3.8) is 0 Å². The zero-order valence-corrected chi connectivity index (χ0v) is 8.10. The fourth-order valence-corrected chi connectivity index (χ4v) is 1.72. The number of carbonyl (C=O) groups is 1. The second-order valence-electron chi connectivity index (χ2n) is 3.46. The summed E-state index contributed by atoms with van der Waals surface area (Å²) in [6.07, 6.45) is 0.933. The van der Waals surface area contributed by atoms with Crippen molar-refractivity contribution in [2.75, 3.05) is 31.1 Å². The van der Waals surface area contributed by atoms with Crippen molar-refractivity contribution < 1.29 is 4.79 Å². The van der Waals surface area contributed by atoms with Crippen molar-refractivity contribution in [2.45, 2.75) is 0 Å². The summed E-state index contributed by atoms with van der Waals surface area (Å²) in [4.78, 5) is 14.6. The molecule has 2 rings (SSSR count). The predicted octanol–water partition coefficient (Wildman–Crippen LogP) is 0.965. The van der Waals surface area contributed by atoms with E-state index >= 15 is 0 Å². The number of rotatable bonds is 2. The number of piperazine rings is 1. The van der Waals surface area contributed by atoms with E-state index in [4.69, 9.17) is 0 Å². The summed E-state index contributed by atoms with van der Waals surface area (Å²) in [5, 5.41) is 0. The molecule has 74 valence electrons. The Morgan fingerprint density at radius 3 is 2.21 bits per heavy atom. The summed E-state index contributed by atoms with van der Waals surface area (Å²) in [6, 6.07) is 10.3. The number of para-hydroxylation sites is 1. The normalized spacial score (nSPS) is 16.9. The lowest BCUT2D eigenvalue weighted by Crippen LogP contribution is -2.45. The Kier molecular flexibility index (Phi) is 2.68. The van der Waals surface area contributed by atoms with Crippen LogP contribution in [-0.2, 0) is 4.79 Å². The summed E-state index contributed by atoms with van der Waals surface area (Å²) in [6.45, 7) is 3.53. The van der Waals surface area contributed by atoms with Crippen molar-refractivity contribution in [1.29, 1.82) is 0 Å². The predicted molar refractivity (Wildman–Crippen MR) is 56.3 cm³/mol. The summed E-state index contributed by atoms with van der Waals surface area (Å²) >= 11 is 0. The quantitative estimate of drug-likeness (QED) is 0.647. The first-order valence-corrected chi connectivity index (χ1v) is 4.89. The van der Waals surface area contributed by atoms with Crippen LogP contribution >= 0.6 is 0 Å². The minimum Gasteiger partial charge on any atom is -0.368 e. The SMILES string of the molecule is O=[11CH]N1CCN(c2ccccc2)CC1. The molecule has 14 heavy (non-hydrogen) atoms. The molecule has 3 nitrogen and oxygen atoms in total. The topological polar surface area (TPSA) is 23.6 Å². The van der Waals surface area contributed by atoms with Crippen LogP contribution in [0.1, 0.15) is 0 Å². The van der Waals surface area contributed by atoms with E-state index in [1.165, 1.54) is 5.69 Å². The van der Waals surface area contributed by atoms with Gasteiger partial charge in [0, 0.05) is 31.9 Å². The number of benzene rings is 1. The molecule has 0 N–H and O–H groups in total. The van der Waals surface area contributed by atoms with E-state index in [2.05, 4.69) is 17.0 Å². The van der Waals surface area contributed by atoms with Gasteiger partial charge in [-0.2, -0.15) is 0 Å². The molecule has 0 aromatic heterocycles. The Hall–Kier alpha value is -1.51. The molecule has 0 unspecified atom stereocenters. The molecule has 0 bridgehead atoms. The number of carbonyl (C=O) groups excluding carboxylic acids is 1. The zero-order chi connectivity index (χ0) is 9.80. The van der Waals surface area contributed by atoms with Gasteiger partial charge < -0.3 is 9.80 Å². The molecule has 0 saturated carbocycles. The van der Waals surface area contributed by atoms with Crippen LogP contribution in [0.15, 0.2) is 30.3 Å². The third-order valence-electron chi connectivity index (χ3n) is 2.58. The highest BCUT2D eigenvalue weighted by molar-refractivity contribution is 5.50. The lowest BCUT2D eigenvalue weighted by Gasteiger charge is -2.34. The van der Waals surface area contributed by atoms with E-state index in [0.717, 1.165) is 32.6 Å². The third kappa shape index (κ3) is 1.87. The maximum Gasteiger partial charge on any atom is 0.209 e. The Bertz CT molecular complexity index is 291. The highest BCUT2D eigenvalue weighted by Crippen LogP contribution is 2.14. The lowest BCUT2D eigenvalue weighted by atomic mass is 10.2. The van der Waals surface area contributed by atoms with E-state index in [0.29, 0.717) is 0 Å². The lowest BCUT2D eigenvalue weighted by molar-refractivity contribution is -0.118. The molecule has 1 aromatic rings. The van der Waals surface area contributed by atoms with Crippen LogP contribution in [0, 0.1) is 0 Å². The Morgan fingerprint density at radius 2 is 1.64 bits per heavy atom. The van der Waals surface area contributed by atoms with E-state index in [-0.39, 0.29) is 0 Å². The van der Waals surface area contributed by atoms with E-state index in [1.807, 2.05) is 23.1 Å². The van der Waals surface area contributed by atoms with Gasteiger partial charge in [0.2, 0.25) is 6.41 Å². The van der Waals surface area contributed by atoms with Crippen molar-refractivity contribution >= 4 is 12.1 Å². The molecule has 1 fully saturated rings. The summed E-state index contributed by atoms with van der Waals surface area (Å²) in [7, 11) is 0. The fourth-order valence-electron chi connectivity index (χ4n) is 1.72. The van der Waals surface area contributed by atoms with Crippen LogP contribution < -0.4 is 4.90 Å². The molecule has 0 aliphatic carbocycles. The molecule has 1 aliphatic rings. The Morgan fingerprint density at radius 1 is 1.00 bits per heavy atom. The van der Waals surface area contributed by atoms with Crippen LogP contribution in [0.25, 0.3) is 0 Å². The van der Waals surface area contributed by atoms with Crippen molar-refractivity contribution in [3.8, 4) is 0 Å². The summed E-state index contributed by atoms with van der Waals surface area (Å²) in [5.74, 6) is 0. The number of nitrogens with zero attached hydrogens (tertiary/aromatic N) is 2. The maximum absolute atomic E-state index is 10.5. The minimum atomic E-state index is 0.832. The van der Waals surface area contributed by atoms with Gasteiger partial charge in [0.25, 0.3) is 0 Å². The van der Waals surface area contributed by atoms with Crippen molar-refractivity contribution in [3.05, 3.63) is 30.3 Å². The fraction of sp³-hybridized carbons (Fsp3) is 0.364. The van der Waals surface area contributed by atoms with Crippen molar-refractivity contribution in [2.24, 2.45) is 0 Å². The molecule has 1 heterocycles. The first-order valence-electron chi connectivity index (χ1n) is 4.89. The first kappa shape index (κ1) is 9.06. The van der Waals surface area contributed by atoms with Gasteiger partial charge in [-0.1, -0.05) is 18.2 Å². The monoisotopic (exact) mass is 189 g/mol. The van der Waals surface area contributed by atoms with Crippen LogP contribution in [0.3, 0.4) is 0 Å². The van der Waals surface area contributed by atoms with Gasteiger partial charge in [0.1, 0.15) is 0 Å². The standard InChI is InChI=1S/C11H14N2O/c14-10-12-6-8-13(9-7-12)11-4-2-1-3-5-11/h1-5,10H,6-9H2/i10-1. The molecule has 0 radical (unpaired) electrons. The average Bonchev–Trinajstić information content (AvgIpc) is 2.30. The van der Waals surface area contributed by atoms with Gasteiger partial charge in [0.05, 0.1) is 0 Å². The van der Waals surface area contributed by atoms with Crippen LogP contribution in [0.5, 0.6) is 0 Å². The molecule has 0 atom stereocenters. The second-order valence-corrected chi connectivity index (χ2v) is 3.46. The molecule has 1 saturated heterocycles. The maximum atomic E-state index is 10.5. The number of hydrogen-bond acceptors (Lipinski definition) is 2. The Balaban J connectivity index is 1.99. The van der Waals surface area contributed by atoms with Gasteiger partial charge >= 0.3 is 0 Å². The zero-order valence-electron chi connectivity index (χ0n) is 8.10. The molecule has 3 heteroatoms. The molecule has 1 amide bonds. The highest BCUT2D eigenvalue weighted by Gasteiger charge is 2.14. The smallest absolute Gasteiger partial charge is 0.209 e. The van der Waals surface area contributed by atoms with Gasteiger partial charge in [0.15, 0.2) is 0 Å². The summed E-state index contributed by atoms with van der Waals surface area (Å²) < 4.78 is 0. The average molecular weight is 189 g/mol. The number of anilines is 1. The molecule has 1 aromatic carbocycles. The van der Waals surface area contributed by atoms with Crippen LogP contribution in [0.2, 0.25) is 0 Å². The third-order valence-corrected chi connectivity index (χ3v) is 2.58. The van der Waals surface area contributed by atoms with Crippen molar-refractivity contribution in [1.82, 2.24) is 4.90 Å². The van der Waals surface area contributed by atoms with Gasteiger partial charge in [-0.25, -0.2) is 0 Å². The molecule has 0 spiro atoms. The van der Waals surface area contributed by atoms with Gasteiger partial charge in [-0.05, 0) is 12.1 Å². The largest absolute Gasteiger partial charge is 0.368 e. The van der Waals surface area contributed by atoms with E-state index in [9.17, 15) is 4.79 Å². The van der Waals surface area contributed by atoms with Crippen LogP contribution in [-0.4, -0.2) is 37.5 Å². The highest BCUT2D eigenvalue weighted by atomic mass is 16.1. The summed E-state index contributed by atoms with van der Waals surface area (Å²) in [5.41, 5.74) is 1.25. The minimum absolute atomic E-state index is 0.832. The van der Waals surface area contributed by atoms with Gasteiger partial charge in [-0.3, -0.25) is 4.79 Å². The van der Waals surface area contributed by atoms with E-state index < -0.39 is 0 Å². The second kappa shape index (κ2) is 4.13. The number of amides is 1. The molecular weight excluding hydrogens is 175 g/mol. The van der Waals surface area contributed by atoms with Crippen LogP contribution in [0.4, 0.5) is 5.69 Å². The first-order chi connectivity index (χ1) is 6.90. The molecule has 1 aliphatic heterocycles. The number of hydrogen-bond donors (Lipinski definition) is 0. The van der Waals surface area contributed by atoms with Gasteiger partial charge in [-0.15, -0.1) is 0 Å².